The van der Waals surface area contributed by atoms with Gasteiger partial charge in [0.1, 0.15) is 5.01 Å². The van der Waals surface area contributed by atoms with Crippen LogP contribution in [0.4, 0.5) is 0 Å². The molecule has 0 fully saturated rings. The predicted molar refractivity (Wildman–Crippen MR) is 62.4 cm³/mol. The molecule has 0 unspecified atom stereocenters. The van der Waals surface area contributed by atoms with Gasteiger partial charge in [0.05, 0.1) is 11.8 Å². The molecule has 0 aliphatic heterocycles. The van der Waals surface area contributed by atoms with Crippen LogP contribution < -0.4 is 4.72 Å². The maximum Gasteiger partial charge on any atom is 0.212 e. The Morgan fingerprint density at radius 2 is 2.27 bits per heavy atom. The van der Waals surface area contributed by atoms with Gasteiger partial charge in [-0.3, -0.25) is 0 Å². The molecular weight excluding hydrogens is 232 g/mol. The van der Waals surface area contributed by atoms with E-state index in [0.717, 1.165) is 11.4 Å². The van der Waals surface area contributed by atoms with Gasteiger partial charge >= 0.3 is 0 Å². The van der Waals surface area contributed by atoms with Crippen molar-refractivity contribution < 1.29 is 8.42 Å². The molecule has 15 heavy (non-hydrogen) atoms. The second-order valence-corrected chi connectivity index (χ2v) is 6.07. The fraction of sp³-hybridized carbons (Fsp3) is 0.667. The smallest absolute Gasteiger partial charge is 0.212 e. The van der Waals surface area contributed by atoms with Gasteiger partial charge < -0.3 is 0 Å². The molecule has 1 rings (SSSR count). The van der Waals surface area contributed by atoms with Gasteiger partial charge in [-0.15, -0.1) is 11.3 Å². The van der Waals surface area contributed by atoms with E-state index in [0.29, 0.717) is 6.42 Å². The predicted octanol–water partition coefficient (Wildman–Crippen LogP) is 1.92. The highest BCUT2D eigenvalue weighted by Crippen LogP contribution is 2.19. The summed E-state index contributed by atoms with van der Waals surface area (Å²) in [4.78, 5) is 4.12. The van der Waals surface area contributed by atoms with Crippen LogP contribution in [0.3, 0.4) is 0 Å². The van der Waals surface area contributed by atoms with E-state index in [9.17, 15) is 8.42 Å². The first-order chi connectivity index (χ1) is 7.09. The van der Waals surface area contributed by atoms with E-state index >= 15 is 0 Å². The van der Waals surface area contributed by atoms with Crippen LogP contribution in [0.25, 0.3) is 0 Å². The molecule has 0 radical (unpaired) electrons. The summed E-state index contributed by atoms with van der Waals surface area (Å²) in [7, 11) is -3.15. The van der Waals surface area contributed by atoms with Gasteiger partial charge in [0.25, 0.3) is 0 Å². The van der Waals surface area contributed by atoms with E-state index < -0.39 is 10.0 Å². The molecule has 1 heterocycles. The molecular formula is C9H16N2O2S2. The molecule has 1 atom stereocenters. The molecule has 1 N–H and O–H groups in total. The van der Waals surface area contributed by atoms with Crippen LogP contribution >= 0.6 is 11.3 Å². The molecule has 4 nitrogen and oxygen atoms in total. The number of aromatic nitrogens is 1. The monoisotopic (exact) mass is 248 g/mol. The normalized spacial score (nSPS) is 14.0. The standard InChI is InChI=1S/C9H16N2O2S2/c1-3-7-15(12,13)11-8(4-2)9-10-5-6-14-9/h5-6,8,11H,3-4,7H2,1-2H3/t8-/m0/s1. The summed E-state index contributed by atoms with van der Waals surface area (Å²) in [5.41, 5.74) is 0. The topological polar surface area (TPSA) is 59.1 Å². The highest BCUT2D eigenvalue weighted by Gasteiger charge is 2.18. The van der Waals surface area contributed by atoms with Crippen molar-refractivity contribution in [1.29, 1.82) is 0 Å². The third-order valence-corrected chi connectivity index (χ3v) is 4.43. The van der Waals surface area contributed by atoms with Crippen LogP contribution in [0.15, 0.2) is 11.6 Å². The maximum atomic E-state index is 11.6. The lowest BCUT2D eigenvalue weighted by Crippen LogP contribution is -2.30. The van der Waals surface area contributed by atoms with Crippen molar-refractivity contribution in [2.24, 2.45) is 0 Å². The highest BCUT2D eigenvalue weighted by molar-refractivity contribution is 7.89. The maximum absolute atomic E-state index is 11.6. The largest absolute Gasteiger partial charge is 0.248 e. The van der Waals surface area contributed by atoms with Crippen molar-refractivity contribution in [2.45, 2.75) is 32.7 Å². The second kappa shape index (κ2) is 5.58. The molecule has 0 aliphatic carbocycles. The number of hydrogen-bond donors (Lipinski definition) is 1. The number of rotatable bonds is 6. The van der Waals surface area contributed by atoms with Crippen LogP contribution in [0.1, 0.15) is 37.7 Å². The SMILES string of the molecule is CCCS(=O)(=O)N[C@@H](CC)c1nccs1. The minimum Gasteiger partial charge on any atom is -0.248 e. The average molecular weight is 248 g/mol. The number of sulfonamides is 1. The van der Waals surface area contributed by atoms with Crippen LogP contribution in [-0.2, 0) is 10.0 Å². The van der Waals surface area contributed by atoms with Gasteiger partial charge in [-0.05, 0) is 12.8 Å². The van der Waals surface area contributed by atoms with Crippen molar-refractivity contribution in [2.75, 3.05) is 5.75 Å². The molecule has 86 valence electrons. The Labute approximate surface area is 94.8 Å². The van der Waals surface area contributed by atoms with E-state index in [4.69, 9.17) is 0 Å². The summed E-state index contributed by atoms with van der Waals surface area (Å²) in [5, 5.41) is 2.68. The molecule has 6 heteroatoms. The van der Waals surface area contributed by atoms with Gasteiger partial charge in [-0.1, -0.05) is 13.8 Å². The summed E-state index contributed by atoms with van der Waals surface area (Å²) < 4.78 is 25.8. The lowest BCUT2D eigenvalue weighted by molar-refractivity contribution is 0.548. The fourth-order valence-electron chi connectivity index (χ4n) is 1.26. The van der Waals surface area contributed by atoms with Crippen LogP contribution in [0.2, 0.25) is 0 Å². The Kier molecular flexibility index (Phi) is 4.69. The molecule has 0 saturated carbocycles. The zero-order chi connectivity index (χ0) is 11.3. The number of nitrogens with zero attached hydrogens (tertiary/aromatic N) is 1. The average Bonchev–Trinajstić information content (AvgIpc) is 2.67. The second-order valence-electron chi connectivity index (χ2n) is 3.27. The summed E-state index contributed by atoms with van der Waals surface area (Å²) in [6.07, 6.45) is 3.04. The third-order valence-electron chi connectivity index (χ3n) is 1.95. The molecule has 0 saturated heterocycles. The highest BCUT2D eigenvalue weighted by atomic mass is 32.2. The Morgan fingerprint density at radius 1 is 1.53 bits per heavy atom. The first-order valence-electron chi connectivity index (χ1n) is 4.98. The zero-order valence-corrected chi connectivity index (χ0v) is 10.6. The Bertz CT molecular complexity index is 373. The van der Waals surface area contributed by atoms with Crippen LogP contribution in [0, 0.1) is 0 Å². The Hall–Kier alpha value is -0.460. The van der Waals surface area contributed by atoms with Crippen molar-refractivity contribution in [1.82, 2.24) is 9.71 Å². The van der Waals surface area contributed by atoms with E-state index in [1.807, 2.05) is 19.2 Å². The molecule has 0 aliphatic rings. The van der Waals surface area contributed by atoms with E-state index in [1.165, 1.54) is 11.3 Å². The van der Waals surface area contributed by atoms with Crippen LogP contribution in [-0.4, -0.2) is 19.2 Å². The van der Waals surface area contributed by atoms with Crippen LogP contribution in [0.5, 0.6) is 0 Å². The number of thiazole rings is 1. The Balaban J connectivity index is 2.70. The summed E-state index contributed by atoms with van der Waals surface area (Å²) >= 11 is 1.48. The number of hydrogen-bond acceptors (Lipinski definition) is 4. The summed E-state index contributed by atoms with van der Waals surface area (Å²) in [5.74, 6) is 0.175. The lowest BCUT2D eigenvalue weighted by atomic mass is 10.3. The molecule has 0 amide bonds. The van der Waals surface area contributed by atoms with Gasteiger partial charge in [0.15, 0.2) is 0 Å². The van der Waals surface area contributed by atoms with Gasteiger partial charge in [-0.2, -0.15) is 0 Å². The fourth-order valence-corrected chi connectivity index (χ4v) is 3.47. The number of nitrogens with one attached hydrogen (secondary N) is 1. The van der Waals surface area contributed by atoms with Gasteiger partial charge in [0.2, 0.25) is 10.0 Å². The molecule has 1 aromatic heterocycles. The van der Waals surface area contributed by atoms with Crippen molar-refractivity contribution in [3.8, 4) is 0 Å². The van der Waals surface area contributed by atoms with Gasteiger partial charge in [-0.25, -0.2) is 18.1 Å². The van der Waals surface area contributed by atoms with Crippen molar-refractivity contribution in [3.63, 3.8) is 0 Å². The molecule has 0 bridgehead atoms. The van der Waals surface area contributed by atoms with Crippen molar-refractivity contribution in [3.05, 3.63) is 16.6 Å². The van der Waals surface area contributed by atoms with E-state index in [1.54, 1.807) is 6.20 Å². The first kappa shape index (κ1) is 12.6. The third kappa shape index (κ3) is 3.89. The minimum absolute atomic E-state index is 0.175. The Morgan fingerprint density at radius 3 is 2.73 bits per heavy atom. The lowest BCUT2D eigenvalue weighted by Gasteiger charge is -2.13. The molecule has 0 aromatic carbocycles. The van der Waals surface area contributed by atoms with E-state index in [-0.39, 0.29) is 11.8 Å². The van der Waals surface area contributed by atoms with Crippen molar-refractivity contribution >= 4 is 21.4 Å². The molecule has 1 aromatic rings. The molecule has 0 spiro atoms. The zero-order valence-electron chi connectivity index (χ0n) is 8.93. The first-order valence-corrected chi connectivity index (χ1v) is 7.51. The minimum atomic E-state index is -3.15. The van der Waals surface area contributed by atoms with Gasteiger partial charge in [0, 0.05) is 11.6 Å². The summed E-state index contributed by atoms with van der Waals surface area (Å²) in [6, 6.07) is -0.179. The van der Waals surface area contributed by atoms with E-state index in [2.05, 4.69) is 9.71 Å². The quantitative estimate of drug-likeness (QED) is 0.836. The summed E-state index contributed by atoms with van der Waals surface area (Å²) in [6.45, 7) is 3.80.